The maximum absolute atomic E-state index is 13.7. The van der Waals surface area contributed by atoms with Crippen LogP contribution < -0.4 is 10.1 Å². The number of halogens is 2. The Labute approximate surface area is 225 Å². The van der Waals surface area contributed by atoms with Gasteiger partial charge >= 0.3 is 12.1 Å². The molecule has 1 aliphatic rings. The van der Waals surface area contributed by atoms with Crippen LogP contribution in [0, 0.1) is 11.6 Å². The van der Waals surface area contributed by atoms with E-state index in [2.05, 4.69) is 5.32 Å². The highest BCUT2D eigenvalue weighted by Crippen LogP contribution is 2.27. The van der Waals surface area contributed by atoms with Crippen molar-refractivity contribution in [3.8, 4) is 5.75 Å². The van der Waals surface area contributed by atoms with Gasteiger partial charge in [-0.15, -0.1) is 0 Å². The minimum absolute atomic E-state index is 0.00630. The Bertz CT molecular complexity index is 1320. The van der Waals surface area contributed by atoms with Crippen molar-refractivity contribution < 1.29 is 41.1 Å². The van der Waals surface area contributed by atoms with Gasteiger partial charge in [0.1, 0.15) is 17.8 Å². The molecule has 39 heavy (non-hydrogen) atoms. The fourth-order valence-electron chi connectivity index (χ4n) is 3.96. The van der Waals surface area contributed by atoms with E-state index < -0.39 is 62.7 Å². The molecule has 2 amide bonds. The van der Waals surface area contributed by atoms with Gasteiger partial charge in [0.2, 0.25) is 15.9 Å². The molecule has 1 unspecified atom stereocenters. The zero-order valence-electron chi connectivity index (χ0n) is 22.0. The Balaban J connectivity index is 1.78. The van der Waals surface area contributed by atoms with Crippen molar-refractivity contribution in [2.45, 2.75) is 56.2 Å². The molecule has 2 atom stereocenters. The standard InChI is InChI=1S/C26H31F2N3O7S/c1-16(2)37-25(33)22(14-17-7-9-18(10-8-17)38-26(34)30(3)4)29-24(32)23-6-5-13-31(23)39(35,36)19-11-12-20(27)21(28)15-19/h7-12,15-16,22-23H,5-6,13-14H2,1-4H3,(H,29,32)/t22?,23-/m0/s1. The molecule has 2 aromatic carbocycles. The number of carbonyl (C=O) groups is 3. The predicted octanol–water partition coefficient (Wildman–Crippen LogP) is 2.86. The number of nitrogens with one attached hydrogen (secondary N) is 1. The van der Waals surface area contributed by atoms with Crippen molar-refractivity contribution >= 4 is 28.0 Å². The van der Waals surface area contributed by atoms with Crippen molar-refractivity contribution in [2.75, 3.05) is 20.6 Å². The summed E-state index contributed by atoms with van der Waals surface area (Å²) in [6, 6.07) is 6.22. The fraction of sp³-hybridized carbons (Fsp3) is 0.423. The first-order valence-electron chi connectivity index (χ1n) is 12.3. The number of ether oxygens (including phenoxy) is 2. The van der Waals surface area contributed by atoms with E-state index >= 15 is 0 Å². The van der Waals surface area contributed by atoms with Gasteiger partial charge in [-0.25, -0.2) is 26.8 Å². The van der Waals surface area contributed by atoms with E-state index in [9.17, 15) is 31.6 Å². The SMILES string of the molecule is CC(C)OC(=O)C(Cc1ccc(OC(=O)N(C)C)cc1)NC(=O)[C@@H]1CCCN1S(=O)(=O)c1ccc(F)c(F)c1. The van der Waals surface area contributed by atoms with Gasteiger partial charge in [-0.3, -0.25) is 4.79 Å². The molecule has 212 valence electrons. The van der Waals surface area contributed by atoms with E-state index in [4.69, 9.17) is 9.47 Å². The summed E-state index contributed by atoms with van der Waals surface area (Å²) in [4.78, 5) is 38.6. The lowest BCUT2D eigenvalue weighted by molar-refractivity contribution is -0.151. The monoisotopic (exact) mass is 567 g/mol. The highest BCUT2D eigenvalue weighted by atomic mass is 32.2. The van der Waals surface area contributed by atoms with E-state index in [0.29, 0.717) is 24.1 Å². The van der Waals surface area contributed by atoms with Crippen LogP contribution in [0.5, 0.6) is 5.75 Å². The van der Waals surface area contributed by atoms with Crippen LogP contribution in [0.2, 0.25) is 0 Å². The summed E-state index contributed by atoms with van der Waals surface area (Å²) in [6.07, 6.45) is -0.488. The first kappa shape index (κ1) is 30.0. The van der Waals surface area contributed by atoms with Crippen molar-refractivity contribution in [3.63, 3.8) is 0 Å². The second-order valence-electron chi connectivity index (χ2n) is 9.51. The van der Waals surface area contributed by atoms with Crippen LogP contribution in [-0.4, -0.2) is 74.4 Å². The van der Waals surface area contributed by atoms with E-state index in [1.807, 2.05) is 0 Å². The van der Waals surface area contributed by atoms with Gasteiger partial charge < -0.3 is 19.7 Å². The Morgan fingerprint density at radius 1 is 1.08 bits per heavy atom. The summed E-state index contributed by atoms with van der Waals surface area (Å²) in [7, 11) is -1.24. The van der Waals surface area contributed by atoms with E-state index in [1.54, 1.807) is 40.1 Å². The van der Waals surface area contributed by atoms with Gasteiger partial charge in [0.15, 0.2) is 11.6 Å². The summed E-state index contributed by atoms with van der Waals surface area (Å²) in [6.45, 7) is 3.29. The zero-order chi connectivity index (χ0) is 28.9. The molecule has 1 heterocycles. The molecule has 0 aromatic heterocycles. The number of esters is 1. The zero-order valence-corrected chi connectivity index (χ0v) is 22.8. The van der Waals surface area contributed by atoms with Crippen LogP contribution in [0.3, 0.4) is 0 Å². The van der Waals surface area contributed by atoms with Gasteiger partial charge in [0.25, 0.3) is 0 Å². The molecule has 1 aliphatic heterocycles. The van der Waals surface area contributed by atoms with Crippen LogP contribution >= 0.6 is 0 Å². The van der Waals surface area contributed by atoms with Crippen LogP contribution in [0.4, 0.5) is 13.6 Å². The van der Waals surface area contributed by atoms with E-state index in [-0.39, 0.29) is 25.1 Å². The lowest BCUT2D eigenvalue weighted by Gasteiger charge is -2.26. The van der Waals surface area contributed by atoms with Crippen molar-refractivity contribution in [1.82, 2.24) is 14.5 Å². The molecule has 1 fully saturated rings. The maximum atomic E-state index is 13.7. The number of carbonyl (C=O) groups excluding carboxylic acids is 3. The third-order valence-corrected chi connectivity index (χ3v) is 7.79. The Morgan fingerprint density at radius 3 is 2.33 bits per heavy atom. The molecule has 13 heteroatoms. The largest absolute Gasteiger partial charge is 0.461 e. The number of sulfonamides is 1. The normalized spacial score (nSPS) is 16.5. The van der Waals surface area contributed by atoms with Gasteiger partial charge in [-0.2, -0.15) is 4.31 Å². The number of nitrogens with zero attached hydrogens (tertiary/aromatic N) is 2. The number of benzene rings is 2. The topological polar surface area (TPSA) is 122 Å². The molecule has 2 aromatic rings. The first-order valence-corrected chi connectivity index (χ1v) is 13.7. The molecule has 0 aliphatic carbocycles. The lowest BCUT2D eigenvalue weighted by atomic mass is 10.0. The summed E-state index contributed by atoms with van der Waals surface area (Å²) in [5.41, 5.74) is 0.614. The van der Waals surface area contributed by atoms with Crippen molar-refractivity contribution in [2.24, 2.45) is 0 Å². The smallest absolute Gasteiger partial charge is 0.414 e. The fourth-order valence-corrected chi connectivity index (χ4v) is 5.63. The second-order valence-corrected chi connectivity index (χ2v) is 11.4. The van der Waals surface area contributed by atoms with Gasteiger partial charge in [0, 0.05) is 27.1 Å². The van der Waals surface area contributed by atoms with Crippen LogP contribution in [0.25, 0.3) is 0 Å². The highest BCUT2D eigenvalue weighted by molar-refractivity contribution is 7.89. The molecular formula is C26H31F2N3O7S. The Kier molecular flexibility index (Phi) is 9.62. The quantitative estimate of drug-likeness (QED) is 0.463. The summed E-state index contributed by atoms with van der Waals surface area (Å²) in [5.74, 6) is -3.67. The summed E-state index contributed by atoms with van der Waals surface area (Å²) in [5, 5.41) is 2.60. The number of hydrogen-bond acceptors (Lipinski definition) is 7. The molecule has 1 saturated heterocycles. The van der Waals surface area contributed by atoms with E-state index in [0.717, 1.165) is 10.4 Å². The number of hydrogen-bond donors (Lipinski definition) is 1. The third-order valence-electron chi connectivity index (χ3n) is 5.89. The van der Waals surface area contributed by atoms with E-state index in [1.165, 1.54) is 17.0 Å². The highest BCUT2D eigenvalue weighted by Gasteiger charge is 2.41. The molecule has 0 spiro atoms. The maximum Gasteiger partial charge on any atom is 0.414 e. The predicted molar refractivity (Wildman–Crippen MR) is 136 cm³/mol. The number of rotatable bonds is 9. The lowest BCUT2D eigenvalue weighted by Crippen LogP contribution is -2.52. The van der Waals surface area contributed by atoms with Crippen LogP contribution in [-0.2, 0) is 30.8 Å². The Hall–Kier alpha value is -3.58. The average Bonchev–Trinajstić information content (AvgIpc) is 3.37. The van der Waals surface area contributed by atoms with Gasteiger partial charge in [0.05, 0.1) is 11.0 Å². The molecule has 0 radical (unpaired) electrons. The minimum atomic E-state index is -4.32. The minimum Gasteiger partial charge on any atom is -0.461 e. The molecule has 0 saturated carbocycles. The second kappa shape index (κ2) is 12.5. The summed E-state index contributed by atoms with van der Waals surface area (Å²) >= 11 is 0. The third kappa shape index (κ3) is 7.51. The summed E-state index contributed by atoms with van der Waals surface area (Å²) < 4.78 is 64.8. The molecular weight excluding hydrogens is 536 g/mol. The molecule has 0 bridgehead atoms. The average molecular weight is 568 g/mol. The van der Waals surface area contributed by atoms with Crippen LogP contribution in [0.1, 0.15) is 32.3 Å². The van der Waals surface area contributed by atoms with Gasteiger partial charge in [-0.1, -0.05) is 12.1 Å². The Morgan fingerprint density at radius 2 is 1.74 bits per heavy atom. The number of amides is 2. The molecule has 3 rings (SSSR count). The van der Waals surface area contributed by atoms with Crippen molar-refractivity contribution in [3.05, 3.63) is 59.7 Å². The first-order chi connectivity index (χ1) is 18.3. The van der Waals surface area contributed by atoms with Gasteiger partial charge in [-0.05, 0) is 62.6 Å². The molecule has 10 nitrogen and oxygen atoms in total. The van der Waals surface area contributed by atoms with Crippen LogP contribution in [0.15, 0.2) is 47.4 Å². The van der Waals surface area contributed by atoms with Crippen molar-refractivity contribution in [1.29, 1.82) is 0 Å². The molecule has 1 N–H and O–H groups in total.